The Hall–Kier alpha value is -1.79. The normalized spacial score (nSPS) is 13.2. The van der Waals surface area contributed by atoms with Crippen LogP contribution in [-0.2, 0) is 10.0 Å². The van der Waals surface area contributed by atoms with Crippen molar-refractivity contribution in [2.45, 2.75) is 17.9 Å². The van der Waals surface area contributed by atoms with Crippen LogP contribution in [0.1, 0.15) is 18.7 Å². The fourth-order valence-corrected chi connectivity index (χ4v) is 2.73. The zero-order valence-corrected chi connectivity index (χ0v) is 10.6. The third-order valence-corrected chi connectivity index (χ3v) is 3.97. The average molecular weight is 263 g/mol. The number of hydrogen-bond acceptors (Lipinski definition) is 4. The lowest BCUT2D eigenvalue weighted by molar-refractivity contribution is 0.563. The topological polar surface area (TPSA) is 72.0 Å². The van der Waals surface area contributed by atoms with E-state index in [1.807, 2.05) is 0 Å². The lowest BCUT2D eigenvalue weighted by Crippen LogP contribution is -2.27. The molecule has 0 saturated carbocycles. The Bertz CT molecular complexity index is 600. The van der Waals surface area contributed by atoms with E-state index in [-0.39, 0.29) is 4.90 Å². The number of benzene rings is 1. The summed E-state index contributed by atoms with van der Waals surface area (Å²) in [6.07, 6.45) is 4.61. The Morgan fingerprint density at radius 2 is 1.89 bits per heavy atom. The molecule has 94 valence electrons. The third kappa shape index (κ3) is 2.91. The summed E-state index contributed by atoms with van der Waals surface area (Å²) in [4.78, 5) is 8.22. The number of nitrogens with zero attached hydrogens (tertiary/aromatic N) is 2. The van der Waals surface area contributed by atoms with Crippen LogP contribution in [0.4, 0.5) is 0 Å². The lowest BCUT2D eigenvalue weighted by atomic mass is 10.3. The molecule has 2 rings (SSSR count). The number of hydrogen-bond donors (Lipinski definition) is 1. The molecule has 0 aliphatic rings. The van der Waals surface area contributed by atoms with Crippen LogP contribution in [-0.4, -0.2) is 18.4 Å². The van der Waals surface area contributed by atoms with Crippen molar-refractivity contribution in [1.82, 2.24) is 14.7 Å². The molecule has 0 aliphatic heterocycles. The highest BCUT2D eigenvalue weighted by molar-refractivity contribution is 7.89. The summed E-state index contributed by atoms with van der Waals surface area (Å²) in [6, 6.07) is 7.80. The second-order valence-electron chi connectivity index (χ2n) is 3.79. The Morgan fingerprint density at radius 3 is 2.50 bits per heavy atom. The average Bonchev–Trinajstić information content (AvgIpc) is 2.40. The molecule has 0 fully saturated rings. The van der Waals surface area contributed by atoms with Gasteiger partial charge in [-0.15, -0.1) is 0 Å². The molecule has 1 aromatic carbocycles. The van der Waals surface area contributed by atoms with E-state index in [0.29, 0.717) is 5.69 Å². The van der Waals surface area contributed by atoms with Gasteiger partial charge in [-0.3, -0.25) is 9.97 Å². The van der Waals surface area contributed by atoms with Crippen molar-refractivity contribution in [2.75, 3.05) is 0 Å². The van der Waals surface area contributed by atoms with Crippen LogP contribution >= 0.6 is 0 Å². The molecular weight excluding hydrogens is 250 g/mol. The molecule has 1 N–H and O–H groups in total. The molecule has 1 unspecified atom stereocenters. The first-order valence-corrected chi connectivity index (χ1v) is 6.91. The largest absolute Gasteiger partial charge is 0.261 e. The van der Waals surface area contributed by atoms with Crippen LogP contribution < -0.4 is 4.72 Å². The molecule has 5 nitrogen and oxygen atoms in total. The second kappa shape index (κ2) is 5.24. The maximum Gasteiger partial charge on any atom is 0.241 e. The van der Waals surface area contributed by atoms with E-state index in [1.165, 1.54) is 12.4 Å². The van der Waals surface area contributed by atoms with Gasteiger partial charge in [0.2, 0.25) is 10.0 Å². The van der Waals surface area contributed by atoms with Crippen LogP contribution in [0.25, 0.3) is 0 Å². The van der Waals surface area contributed by atoms with Crippen LogP contribution in [0.5, 0.6) is 0 Å². The van der Waals surface area contributed by atoms with E-state index in [9.17, 15) is 8.42 Å². The molecule has 0 radical (unpaired) electrons. The predicted octanol–water partition coefficient (Wildman–Crippen LogP) is 1.52. The highest BCUT2D eigenvalue weighted by atomic mass is 32.2. The van der Waals surface area contributed by atoms with Crippen molar-refractivity contribution in [3.63, 3.8) is 0 Å². The van der Waals surface area contributed by atoms with Crippen molar-refractivity contribution in [3.05, 3.63) is 54.6 Å². The molecule has 0 aliphatic carbocycles. The fourth-order valence-electron chi connectivity index (χ4n) is 1.50. The van der Waals surface area contributed by atoms with Crippen molar-refractivity contribution in [2.24, 2.45) is 0 Å². The fraction of sp³-hybridized carbons (Fsp3) is 0.167. The molecule has 1 heterocycles. The monoisotopic (exact) mass is 263 g/mol. The maximum atomic E-state index is 12.1. The Kier molecular flexibility index (Phi) is 3.69. The Labute approximate surface area is 106 Å². The molecule has 6 heteroatoms. The highest BCUT2D eigenvalue weighted by Gasteiger charge is 2.18. The van der Waals surface area contributed by atoms with Crippen LogP contribution in [0.15, 0.2) is 53.8 Å². The van der Waals surface area contributed by atoms with Gasteiger partial charge in [0.1, 0.15) is 0 Å². The van der Waals surface area contributed by atoms with Crippen LogP contribution in [0, 0.1) is 0 Å². The van der Waals surface area contributed by atoms with E-state index in [0.717, 1.165) is 0 Å². The number of rotatable bonds is 4. The van der Waals surface area contributed by atoms with Crippen molar-refractivity contribution in [1.29, 1.82) is 0 Å². The molecule has 0 spiro atoms. The third-order valence-electron chi connectivity index (χ3n) is 2.41. The van der Waals surface area contributed by atoms with E-state index in [4.69, 9.17) is 0 Å². The van der Waals surface area contributed by atoms with E-state index < -0.39 is 16.1 Å². The predicted molar refractivity (Wildman–Crippen MR) is 67.2 cm³/mol. The van der Waals surface area contributed by atoms with Gasteiger partial charge in [-0.25, -0.2) is 13.1 Å². The smallest absolute Gasteiger partial charge is 0.241 e. The van der Waals surface area contributed by atoms with Gasteiger partial charge < -0.3 is 0 Å². The minimum absolute atomic E-state index is 0.237. The van der Waals surface area contributed by atoms with Gasteiger partial charge in [0.05, 0.1) is 16.6 Å². The zero-order chi connectivity index (χ0) is 13.0. The Morgan fingerprint density at radius 1 is 1.17 bits per heavy atom. The first kappa shape index (κ1) is 12.7. The first-order chi connectivity index (χ1) is 8.59. The SMILES string of the molecule is CC(NS(=O)(=O)c1ccccc1)c1cnccn1. The van der Waals surface area contributed by atoms with Crippen LogP contribution in [0.3, 0.4) is 0 Å². The standard InChI is InChI=1S/C12H13N3O2S/c1-10(12-9-13-7-8-14-12)15-18(16,17)11-5-3-2-4-6-11/h2-10,15H,1H3. The van der Waals surface area contributed by atoms with Crippen molar-refractivity contribution < 1.29 is 8.42 Å². The lowest BCUT2D eigenvalue weighted by Gasteiger charge is -2.13. The highest BCUT2D eigenvalue weighted by Crippen LogP contribution is 2.13. The van der Waals surface area contributed by atoms with Gasteiger partial charge in [0.15, 0.2) is 0 Å². The minimum atomic E-state index is -3.53. The summed E-state index contributed by atoms with van der Waals surface area (Å²) in [6.45, 7) is 1.73. The van der Waals surface area contributed by atoms with Gasteiger partial charge in [0, 0.05) is 18.6 Å². The van der Waals surface area contributed by atoms with E-state index >= 15 is 0 Å². The molecular formula is C12H13N3O2S. The summed E-state index contributed by atoms with van der Waals surface area (Å²) in [5.74, 6) is 0. The van der Waals surface area contributed by atoms with Gasteiger partial charge in [0.25, 0.3) is 0 Å². The molecule has 0 bridgehead atoms. The number of aromatic nitrogens is 2. The van der Waals surface area contributed by atoms with E-state index in [1.54, 1.807) is 43.5 Å². The summed E-state index contributed by atoms with van der Waals surface area (Å²) in [5, 5.41) is 0. The quantitative estimate of drug-likeness (QED) is 0.907. The van der Waals surface area contributed by atoms with Crippen molar-refractivity contribution >= 4 is 10.0 Å². The van der Waals surface area contributed by atoms with Crippen LogP contribution in [0.2, 0.25) is 0 Å². The number of nitrogens with one attached hydrogen (secondary N) is 1. The molecule has 18 heavy (non-hydrogen) atoms. The maximum absolute atomic E-state index is 12.1. The number of sulfonamides is 1. The van der Waals surface area contributed by atoms with E-state index in [2.05, 4.69) is 14.7 Å². The minimum Gasteiger partial charge on any atom is -0.261 e. The van der Waals surface area contributed by atoms with Gasteiger partial charge in [-0.1, -0.05) is 18.2 Å². The summed E-state index contributed by atoms with van der Waals surface area (Å²) >= 11 is 0. The van der Waals surface area contributed by atoms with Gasteiger partial charge in [-0.2, -0.15) is 0 Å². The molecule has 1 atom stereocenters. The zero-order valence-electron chi connectivity index (χ0n) is 9.82. The summed E-state index contributed by atoms with van der Waals surface area (Å²) in [7, 11) is -3.53. The van der Waals surface area contributed by atoms with Gasteiger partial charge in [-0.05, 0) is 19.1 Å². The molecule has 0 amide bonds. The second-order valence-corrected chi connectivity index (χ2v) is 5.50. The molecule has 2 aromatic rings. The molecule has 0 saturated heterocycles. The van der Waals surface area contributed by atoms with Crippen molar-refractivity contribution in [3.8, 4) is 0 Å². The summed E-state index contributed by atoms with van der Waals surface area (Å²) in [5.41, 5.74) is 0.581. The molecule has 1 aromatic heterocycles. The first-order valence-electron chi connectivity index (χ1n) is 5.43. The summed E-state index contributed by atoms with van der Waals surface area (Å²) < 4.78 is 26.7. The Balaban J connectivity index is 2.20. The van der Waals surface area contributed by atoms with Gasteiger partial charge >= 0.3 is 0 Å².